The number of hydrogen-bond donors (Lipinski definition) is 2. The maximum atomic E-state index is 10.8. The van der Waals surface area contributed by atoms with E-state index < -0.39 is 5.97 Å². The van der Waals surface area contributed by atoms with Crippen LogP contribution in [0.2, 0.25) is 0 Å². The molecular weight excluding hydrogens is 280 g/mol. The SMILES string of the molecule is O=C(O)C(=CO)CCc1ccccc1.O=C1C2=CC=C1C=C2. The molecule has 0 spiro atoms. The Bertz CT molecular complexity index is 667. The van der Waals surface area contributed by atoms with Gasteiger partial charge in [0, 0.05) is 11.1 Å². The average Bonchev–Trinajstić information content (AvgIpc) is 3.07. The summed E-state index contributed by atoms with van der Waals surface area (Å²) < 4.78 is 0. The zero-order chi connectivity index (χ0) is 15.9. The number of carbonyl (C=O) groups excluding carboxylic acids is 1. The number of ketones is 1. The first-order valence-corrected chi connectivity index (χ1v) is 6.87. The van der Waals surface area contributed by atoms with Gasteiger partial charge in [0.2, 0.25) is 0 Å². The van der Waals surface area contributed by atoms with Crippen LogP contribution in [0.1, 0.15) is 12.0 Å². The van der Waals surface area contributed by atoms with E-state index in [1.165, 1.54) is 0 Å². The Morgan fingerprint density at radius 1 is 1.05 bits per heavy atom. The highest BCUT2D eigenvalue weighted by atomic mass is 16.4. The summed E-state index contributed by atoms with van der Waals surface area (Å²) in [7, 11) is 0. The van der Waals surface area contributed by atoms with E-state index in [0.717, 1.165) is 16.7 Å². The highest BCUT2D eigenvalue weighted by molar-refractivity contribution is 6.17. The molecule has 112 valence electrons. The normalized spacial score (nSPS) is 15.1. The molecule has 0 fully saturated rings. The molecule has 1 aromatic rings. The monoisotopic (exact) mass is 296 g/mol. The van der Waals surface area contributed by atoms with Crippen LogP contribution in [-0.4, -0.2) is 22.0 Å². The van der Waals surface area contributed by atoms with Crippen LogP contribution in [0.25, 0.3) is 0 Å². The molecule has 4 heteroatoms. The Morgan fingerprint density at radius 3 is 2.00 bits per heavy atom. The Hall–Kier alpha value is -2.88. The first kappa shape index (κ1) is 15.5. The molecule has 2 aliphatic rings. The smallest absolute Gasteiger partial charge is 0.334 e. The molecule has 0 heterocycles. The first-order valence-electron chi connectivity index (χ1n) is 6.87. The van der Waals surface area contributed by atoms with E-state index in [0.29, 0.717) is 19.1 Å². The fourth-order valence-corrected chi connectivity index (χ4v) is 2.09. The van der Waals surface area contributed by atoms with Gasteiger partial charge in [-0.25, -0.2) is 4.79 Å². The third-order valence-corrected chi connectivity index (χ3v) is 3.37. The zero-order valence-corrected chi connectivity index (χ0v) is 11.9. The summed E-state index contributed by atoms with van der Waals surface area (Å²) in [6, 6.07) is 9.56. The Kier molecular flexibility index (Phi) is 5.09. The second-order valence-corrected chi connectivity index (χ2v) is 4.85. The van der Waals surface area contributed by atoms with Gasteiger partial charge in [-0.1, -0.05) is 54.6 Å². The highest BCUT2D eigenvalue weighted by Crippen LogP contribution is 2.23. The lowest BCUT2D eigenvalue weighted by Gasteiger charge is -2.00. The van der Waals surface area contributed by atoms with Crippen molar-refractivity contribution in [1.82, 2.24) is 0 Å². The van der Waals surface area contributed by atoms with Crippen molar-refractivity contribution in [2.45, 2.75) is 12.8 Å². The summed E-state index contributed by atoms with van der Waals surface area (Å²) >= 11 is 0. The molecule has 0 unspecified atom stereocenters. The van der Waals surface area contributed by atoms with E-state index in [1.807, 2.05) is 54.6 Å². The molecule has 0 atom stereocenters. The number of fused-ring (bicyclic) bond motifs is 2. The molecule has 0 saturated carbocycles. The molecule has 1 aromatic carbocycles. The minimum Gasteiger partial charge on any atom is -0.515 e. The average molecular weight is 296 g/mol. The third kappa shape index (κ3) is 3.82. The number of Topliss-reactive ketones (excluding diaryl/α,β-unsaturated/α-hetero) is 1. The molecule has 2 N–H and O–H groups in total. The number of aliphatic carboxylic acids is 1. The van der Waals surface area contributed by atoms with Crippen LogP contribution in [0.4, 0.5) is 0 Å². The molecule has 2 bridgehead atoms. The molecule has 0 radical (unpaired) electrons. The fraction of sp³-hybridized carbons (Fsp3) is 0.111. The molecule has 2 aliphatic carbocycles. The van der Waals surface area contributed by atoms with Gasteiger partial charge >= 0.3 is 5.97 Å². The summed E-state index contributed by atoms with van der Waals surface area (Å²) in [5, 5.41) is 17.3. The predicted octanol–water partition coefficient (Wildman–Crippen LogP) is 3.14. The number of carboxylic acid groups (broad SMARTS) is 1. The predicted molar refractivity (Wildman–Crippen MR) is 83.4 cm³/mol. The van der Waals surface area contributed by atoms with E-state index >= 15 is 0 Å². The fourth-order valence-electron chi connectivity index (χ4n) is 2.09. The first-order chi connectivity index (χ1) is 10.6. The van der Waals surface area contributed by atoms with Gasteiger partial charge in [0.1, 0.15) is 0 Å². The zero-order valence-electron chi connectivity index (χ0n) is 11.9. The number of aryl methyl sites for hydroxylation is 1. The van der Waals surface area contributed by atoms with Gasteiger partial charge in [-0.05, 0) is 18.4 Å². The summed E-state index contributed by atoms with van der Waals surface area (Å²) in [6.45, 7) is 0. The van der Waals surface area contributed by atoms with Crippen LogP contribution in [0.15, 0.2) is 77.6 Å². The standard InChI is InChI=1S/C11H12O3.C7H4O/c12-8-10(11(13)14)7-6-9-4-2-1-3-5-9;8-7-5-1-2-6(7)4-3-5/h1-5,8,12H,6-7H2,(H,13,14);1-4H. The van der Waals surface area contributed by atoms with Crippen LogP contribution in [0, 0.1) is 0 Å². The van der Waals surface area contributed by atoms with Gasteiger partial charge in [0.25, 0.3) is 0 Å². The van der Waals surface area contributed by atoms with Crippen molar-refractivity contribution >= 4 is 11.8 Å². The van der Waals surface area contributed by atoms with Crippen LogP contribution in [0.3, 0.4) is 0 Å². The van der Waals surface area contributed by atoms with E-state index in [2.05, 4.69) is 0 Å². The Labute approximate surface area is 128 Å². The van der Waals surface area contributed by atoms with Gasteiger partial charge in [-0.15, -0.1) is 0 Å². The number of carbonyl (C=O) groups is 2. The van der Waals surface area contributed by atoms with Crippen molar-refractivity contribution in [3.05, 3.63) is 83.2 Å². The van der Waals surface area contributed by atoms with Crippen LogP contribution in [0.5, 0.6) is 0 Å². The molecule has 22 heavy (non-hydrogen) atoms. The van der Waals surface area contributed by atoms with Crippen molar-refractivity contribution < 1.29 is 19.8 Å². The lowest BCUT2D eigenvalue weighted by molar-refractivity contribution is -0.133. The summed E-state index contributed by atoms with van der Waals surface area (Å²) in [6.07, 6.45) is 9.01. The van der Waals surface area contributed by atoms with Crippen molar-refractivity contribution in [2.75, 3.05) is 0 Å². The van der Waals surface area contributed by atoms with Crippen LogP contribution < -0.4 is 0 Å². The maximum absolute atomic E-state index is 10.8. The highest BCUT2D eigenvalue weighted by Gasteiger charge is 2.19. The van der Waals surface area contributed by atoms with E-state index in [-0.39, 0.29) is 11.4 Å². The van der Waals surface area contributed by atoms with Gasteiger partial charge in [0.15, 0.2) is 5.78 Å². The van der Waals surface area contributed by atoms with Gasteiger partial charge in [0.05, 0.1) is 11.8 Å². The molecule has 0 aliphatic heterocycles. The van der Waals surface area contributed by atoms with E-state index in [1.54, 1.807) is 0 Å². The van der Waals surface area contributed by atoms with Crippen molar-refractivity contribution in [3.8, 4) is 0 Å². The maximum Gasteiger partial charge on any atom is 0.334 e. The number of aliphatic hydroxyl groups is 1. The Balaban J connectivity index is 0.000000183. The van der Waals surface area contributed by atoms with Crippen molar-refractivity contribution in [3.63, 3.8) is 0 Å². The number of rotatable bonds is 4. The number of carboxylic acids is 1. The van der Waals surface area contributed by atoms with Crippen molar-refractivity contribution in [1.29, 1.82) is 0 Å². The van der Waals surface area contributed by atoms with Gasteiger partial charge in [-0.2, -0.15) is 0 Å². The quantitative estimate of drug-likeness (QED) is 0.661. The molecule has 0 amide bonds. The van der Waals surface area contributed by atoms with Gasteiger partial charge in [-0.3, -0.25) is 4.79 Å². The molecule has 0 aromatic heterocycles. The second-order valence-electron chi connectivity index (χ2n) is 4.85. The van der Waals surface area contributed by atoms with Crippen molar-refractivity contribution in [2.24, 2.45) is 0 Å². The third-order valence-electron chi connectivity index (χ3n) is 3.37. The summed E-state index contributed by atoms with van der Waals surface area (Å²) in [5.74, 6) is -0.881. The largest absolute Gasteiger partial charge is 0.515 e. The molecular formula is C18H16O4. The molecule has 3 rings (SSSR count). The van der Waals surface area contributed by atoms with E-state index in [4.69, 9.17) is 10.2 Å². The number of benzene rings is 1. The Morgan fingerprint density at radius 2 is 1.64 bits per heavy atom. The van der Waals surface area contributed by atoms with Crippen LogP contribution >= 0.6 is 0 Å². The number of hydrogen-bond acceptors (Lipinski definition) is 3. The minimum absolute atomic E-state index is 0.0360. The second kappa shape index (κ2) is 7.22. The lowest BCUT2D eigenvalue weighted by atomic mass is 10.1. The summed E-state index contributed by atoms with van der Waals surface area (Å²) in [4.78, 5) is 21.3. The number of allylic oxidation sites excluding steroid dienone is 6. The molecule has 0 saturated heterocycles. The van der Waals surface area contributed by atoms with E-state index in [9.17, 15) is 9.59 Å². The lowest BCUT2D eigenvalue weighted by Crippen LogP contribution is -2.02. The number of aliphatic hydroxyl groups excluding tert-OH is 1. The summed E-state index contributed by atoms with van der Waals surface area (Å²) in [5.41, 5.74) is 2.77. The molecule has 4 nitrogen and oxygen atoms in total. The van der Waals surface area contributed by atoms with Gasteiger partial charge < -0.3 is 10.2 Å². The topological polar surface area (TPSA) is 74.6 Å². The minimum atomic E-state index is -1.07. The van der Waals surface area contributed by atoms with Crippen LogP contribution in [-0.2, 0) is 16.0 Å².